The monoisotopic (exact) mass is 235 g/mol. The number of likely N-dealkylation sites (N-methyl/N-ethyl adjacent to an activating group) is 2. The summed E-state index contributed by atoms with van der Waals surface area (Å²) in [6.45, 7) is 0.0737. The summed E-state index contributed by atoms with van der Waals surface area (Å²) in [6.07, 6.45) is 0.272. The second kappa shape index (κ2) is 5.89. The van der Waals surface area contributed by atoms with Gasteiger partial charge in [0.05, 0.1) is 13.0 Å². The van der Waals surface area contributed by atoms with E-state index in [0.717, 1.165) is 5.56 Å². The first-order chi connectivity index (χ1) is 8.02. The first-order valence-corrected chi connectivity index (χ1v) is 5.32. The molecule has 3 N–H and O–H groups in total. The molecule has 92 valence electrons. The standard InChI is InChI=1S/C12H17N3O2/c1-14-11(16)8-15(2)12(17)7-9-3-5-10(13)6-4-9/h3-6H,7-8,13H2,1-2H3,(H,14,16). The molecule has 1 rings (SSSR count). The SMILES string of the molecule is CNC(=O)CN(C)C(=O)Cc1ccc(N)cc1. The van der Waals surface area contributed by atoms with Crippen molar-refractivity contribution in [3.8, 4) is 0 Å². The molecule has 1 aromatic carbocycles. The molecule has 0 aliphatic carbocycles. The predicted molar refractivity (Wildman–Crippen MR) is 66.3 cm³/mol. The molecular formula is C12H17N3O2. The van der Waals surface area contributed by atoms with Crippen molar-refractivity contribution >= 4 is 17.5 Å². The number of carbonyl (C=O) groups is 2. The lowest BCUT2D eigenvalue weighted by molar-refractivity contribution is -0.134. The van der Waals surface area contributed by atoms with Crippen LogP contribution in [0.1, 0.15) is 5.56 Å². The number of benzene rings is 1. The van der Waals surface area contributed by atoms with Crippen molar-refractivity contribution in [2.24, 2.45) is 0 Å². The Labute approximate surface area is 101 Å². The summed E-state index contributed by atoms with van der Waals surface area (Å²) in [4.78, 5) is 24.3. The van der Waals surface area contributed by atoms with E-state index in [1.165, 1.54) is 4.90 Å². The molecule has 2 amide bonds. The lowest BCUT2D eigenvalue weighted by Crippen LogP contribution is -2.37. The zero-order valence-electron chi connectivity index (χ0n) is 10.1. The number of rotatable bonds is 4. The second-order valence-electron chi connectivity index (χ2n) is 3.84. The zero-order chi connectivity index (χ0) is 12.8. The van der Waals surface area contributed by atoms with E-state index in [-0.39, 0.29) is 24.8 Å². The third kappa shape index (κ3) is 4.14. The average Bonchev–Trinajstić information content (AvgIpc) is 2.31. The molecule has 0 aliphatic rings. The van der Waals surface area contributed by atoms with E-state index in [2.05, 4.69) is 5.32 Å². The fraction of sp³-hybridized carbons (Fsp3) is 0.333. The molecule has 0 radical (unpaired) electrons. The van der Waals surface area contributed by atoms with Gasteiger partial charge in [0.25, 0.3) is 0 Å². The molecule has 0 fully saturated rings. The van der Waals surface area contributed by atoms with Gasteiger partial charge in [-0.25, -0.2) is 0 Å². The topological polar surface area (TPSA) is 75.4 Å². The van der Waals surface area contributed by atoms with Crippen LogP contribution in [-0.2, 0) is 16.0 Å². The molecule has 5 nitrogen and oxygen atoms in total. The minimum absolute atomic E-state index is 0.0737. The summed E-state index contributed by atoms with van der Waals surface area (Å²) >= 11 is 0. The first kappa shape index (κ1) is 13.0. The highest BCUT2D eigenvalue weighted by Crippen LogP contribution is 2.07. The first-order valence-electron chi connectivity index (χ1n) is 5.32. The largest absolute Gasteiger partial charge is 0.399 e. The van der Waals surface area contributed by atoms with Crippen LogP contribution >= 0.6 is 0 Å². The van der Waals surface area contributed by atoms with Gasteiger partial charge in [0.15, 0.2) is 0 Å². The van der Waals surface area contributed by atoms with Gasteiger partial charge in [-0.3, -0.25) is 9.59 Å². The van der Waals surface area contributed by atoms with Crippen LogP contribution in [0.15, 0.2) is 24.3 Å². The number of amides is 2. The van der Waals surface area contributed by atoms with Gasteiger partial charge in [0.1, 0.15) is 0 Å². The van der Waals surface area contributed by atoms with Crippen molar-refractivity contribution in [3.05, 3.63) is 29.8 Å². The summed E-state index contributed by atoms with van der Waals surface area (Å²) in [7, 11) is 3.15. The predicted octanol–water partition coefficient (Wildman–Crippen LogP) is 0.0157. The van der Waals surface area contributed by atoms with Crippen LogP contribution in [0.3, 0.4) is 0 Å². The third-order valence-corrected chi connectivity index (χ3v) is 2.42. The molecule has 0 aromatic heterocycles. The van der Waals surface area contributed by atoms with Crippen molar-refractivity contribution < 1.29 is 9.59 Å². The number of hydrogen-bond acceptors (Lipinski definition) is 3. The number of carbonyl (C=O) groups excluding carboxylic acids is 2. The maximum Gasteiger partial charge on any atom is 0.239 e. The Bertz CT molecular complexity index is 401. The molecule has 0 saturated carbocycles. The van der Waals surface area contributed by atoms with Crippen LogP contribution in [0.5, 0.6) is 0 Å². The Hall–Kier alpha value is -2.04. The van der Waals surface area contributed by atoms with Crippen molar-refractivity contribution in [2.75, 3.05) is 26.4 Å². The summed E-state index contributed by atoms with van der Waals surface area (Å²) < 4.78 is 0. The normalized spacial score (nSPS) is 9.76. The lowest BCUT2D eigenvalue weighted by atomic mass is 10.1. The summed E-state index contributed by atoms with van der Waals surface area (Å²) in [6, 6.07) is 7.12. The van der Waals surface area contributed by atoms with Crippen LogP contribution in [0.2, 0.25) is 0 Å². The van der Waals surface area contributed by atoms with Gasteiger partial charge in [-0.1, -0.05) is 12.1 Å². The molecule has 0 spiro atoms. The molecule has 0 unspecified atom stereocenters. The fourth-order valence-corrected chi connectivity index (χ4v) is 1.33. The number of hydrogen-bond donors (Lipinski definition) is 2. The van der Waals surface area contributed by atoms with E-state index in [9.17, 15) is 9.59 Å². The van der Waals surface area contributed by atoms with Crippen LogP contribution in [0.25, 0.3) is 0 Å². The molecule has 0 aliphatic heterocycles. The molecule has 0 atom stereocenters. The van der Waals surface area contributed by atoms with Crippen molar-refractivity contribution in [1.82, 2.24) is 10.2 Å². The highest BCUT2D eigenvalue weighted by atomic mass is 16.2. The van der Waals surface area contributed by atoms with Crippen molar-refractivity contribution in [2.45, 2.75) is 6.42 Å². The highest BCUT2D eigenvalue weighted by Gasteiger charge is 2.12. The van der Waals surface area contributed by atoms with Crippen LogP contribution in [0, 0.1) is 0 Å². The average molecular weight is 235 g/mol. The number of anilines is 1. The van der Waals surface area contributed by atoms with E-state index < -0.39 is 0 Å². The van der Waals surface area contributed by atoms with Gasteiger partial charge in [-0.05, 0) is 17.7 Å². The Morgan fingerprint density at radius 1 is 1.29 bits per heavy atom. The molecule has 0 bridgehead atoms. The van der Waals surface area contributed by atoms with Crippen molar-refractivity contribution in [1.29, 1.82) is 0 Å². The minimum atomic E-state index is -0.182. The molecule has 1 aromatic rings. The van der Waals surface area contributed by atoms with E-state index in [0.29, 0.717) is 5.69 Å². The maximum atomic E-state index is 11.8. The van der Waals surface area contributed by atoms with Gasteiger partial charge in [-0.15, -0.1) is 0 Å². The third-order valence-electron chi connectivity index (χ3n) is 2.42. The quantitative estimate of drug-likeness (QED) is 0.722. The van der Waals surface area contributed by atoms with E-state index in [4.69, 9.17) is 5.73 Å². The molecule has 5 heteroatoms. The zero-order valence-corrected chi connectivity index (χ0v) is 10.1. The minimum Gasteiger partial charge on any atom is -0.399 e. The summed E-state index contributed by atoms with van der Waals surface area (Å²) in [5, 5.41) is 2.47. The Morgan fingerprint density at radius 2 is 1.88 bits per heavy atom. The molecule has 0 heterocycles. The molecule has 0 saturated heterocycles. The Balaban J connectivity index is 2.54. The number of nitrogens with two attached hydrogens (primary N) is 1. The van der Waals surface area contributed by atoms with Gasteiger partial charge in [-0.2, -0.15) is 0 Å². The summed E-state index contributed by atoms with van der Waals surface area (Å²) in [5.74, 6) is -0.281. The van der Waals surface area contributed by atoms with E-state index in [1.54, 1.807) is 38.4 Å². The van der Waals surface area contributed by atoms with Gasteiger partial charge >= 0.3 is 0 Å². The molecular weight excluding hydrogens is 218 g/mol. The molecule has 17 heavy (non-hydrogen) atoms. The second-order valence-corrected chi connectivity index (χ2v) is 3.84. The van der Waals surface area contributed by atoms with Crippen LogP contribution in [-0.4, -0.2) is 37.4 Å². The number of nitrogens with one attached hydrogen (secondary N) is 1. The number of nitrogens with zero attached hydrogens (tertiary/aromatic N) is 1. The Morgan fingerprint density at radius 3 is 2.41 bits per heavy atom. The van der Waals surface area contributed by atoms with Gasteiger partial charge in [0.2, 0.25) is 11.8 Å². The summed E-state index contributed by atoms with van der Waals surface area (Å²) in [5.41, 5.74) is 7.10. The highest BCUT2D eigenvalue weighted by molar-refractivity contribution is 5.85. The maximum absolute atomic E-state index is 11.8. The van der Waals surface area contributed by atoms with Gasteiger partial charge in [0, 0.05) is 19.8 Å². The van der Waals surface area contributed by atoms with E-state index in [1.807, 2.05) is 0 Å². The van der Waals surface area contributed by atoms with E-state index >= 15 is 0 Å². The lowest BCUT2D eigenvalue weighted by Gasteiger charge is -2.16. The Kier molecular flexibility index (Phi) is 4.51. The fourth-order valence-electron chi connectivity index (χ4n) is 1.33. The van der Waals surface area contributed by atoms with Crippen LogP contribution in [0.4, 0.5) is 5.69 Å². The smallest absolute Gasteiger partial charge is 0.239 e. The van der Waals surface area contributed by atoms with Crippen LogP contribution < -0.4 is 11.1 Å². The van der Waals surface area contributed by atoms with Crippen molar-refractivity contribution in [3.63, 3.8) is 0 Å². The van der Waals surface area contributed by atoms with Gasteiger partial charge < -0.3 is 16.0 Å². The number of nitrogen functional groups attached to an aromatic ring is 1.